The molecule has 2 aliphatic heterocycles. The summed E-state index contributed by atoms with van der Waals surface area (Å²) >= 11 is 0. The van der Waals surface area contributed by atoms with Gasteiger partial charge in [-0.05, 0) is 47.2 Å². The minimum atomic E-state index is -1.34. The number of nitrogens with zero attached hydrogens (tertiary/aromatic N) is 3. The molecule has 4 atom stereocenters. The quantitative estimate of drug-likeness (QED) is 0.0505. The zero-order valence-electron chi connectivity index (χ0n) is 39.8. The Morgan fingerprint density at radius 2 is 0.735 bits per heavy atom. The largest absolute Gasteiger partial charge is 0.382 e. The first-order valence-electron chi connectivity index (χ1n) is 24.0. The minimum absolute atomic E-state index is 0.153. The molecule has 2 saturated heterocycles. The molecule has 0 bridgehead atoms. The Labute approximate surface area is 402 Å². The van der Waals surface area contributed by atoms with Crippen LogP contribution in [-0.2, 0) is 62.2 Å². The first-order valence-corrected chi connectivity index (χ1v) is 24.0. The Balaban J connectivity index is 1.10. The van der Waals surface area contributed by atoms with Crippen LogP contribution in [0.5, 0.6) is 0 Å². The molecule has 3 heterocycles. The molecule has 68 heavy (non-hydrogen) atoms. The average molecular weight is 934 g/mol. The molecule has 5 aromatic rings. The van der Waals surface area contributed by atoms with Crippen molar-refractivity contribution >= 4 is 0 Å². The normalized spacial score (nSPS) is 19.2. The van der Waals surface area contributed by atoms with Gasteiger partial charge in [0.2, 0.25) is 0 Å². The third-order valence-corrected chi connectivity index (χ3v) is 12.9. The predicted molar refractivity (Wildman–Crippen MR) is 260 cm³/mol. The number of pyridine rings is 1. The van der Waals surface area contributed by atoms with E-state index in [2.05, 4.69) is 28.0 Å². The van der Waals surface area contributed by atoms with Crippen molar-refractivity contribution in [3.05, 3.63) is 173 Å². The lowest BCUT2D eigenvalue weighted by atomic mass is 9.78. The molecule has 2 N–H and O–H groups in total. The van der Waals surface area contributed by atoms with E-state index in [4.69, 9.17) is 42.9 Å². The minimum Gasteiger partial charge on any atom is -0.382 e. The number of aliphatic hydroxyl groups is 2. The SMILES string of the molecule is COCCOCCOCCO[C@@H]1C[C@@H](C(O)(c2ccccc2)c2ccccc2)N(Cc2cccc(CN3C[C@H](OCCOCCOCCOC)C[C@H]3C(O)(c3ccccc3)c3ccccc3)n2)C1. The smallest absolute Gasteiger partial charge is 0.130 e. The van der Waals surface area contributed by atoms with E-state index in [1.54, 1.807) is 14.2 Å². The summed E-state index contributed by atoms with van der Waals surface area (Å²) in [5.74, 6) is 0. The summed E-state index contributed by atoms with van der Waals surface area (Å²) in [4.78, 5) is 9.95. The molecular formula is C55H71N3O10. The van der Waals surface area contributed by atoms with Gasteiger partial charge in [-0.2, -0.15) is 0 Å². The topological polar surface area (TPSA) is 134 Å². The molecule has 0 unspecified atom stereocenters. The lowest BCUT2D eigenvalue weighted by molar-refractivity contribution is -0.0161. The van der Waals surface area contributed by atoms with Gasteiger partial charge in [-0.1, -0.05) is 127 Å². The van der Waals surface area contributed by atoms with E-state index in [1.807, 2.05) is 121 Å². The number of benzene rings is 4. The average Bonchev–Trinajstić information content (AvgIpc) is 3.99. The van der Waals surface area contributed by atoms with E-state index in [9.17, 15) is 10.2 Å². The maximum absolute atomic E-state index is 13.1. The summed E-state index contributed by atoms with van der Waals surface area (Å²) in [6.45, 7) is 7.97. The number of hydrogen-bond donors (Lipinski definition) is 2. The molecule has 13 heteroatoms. The summed E-state index contributed by atoms with van der Waals surface area (Å²) in [5, 5.41) is 26.3. The molecule has 7 rings (SSSR count). The lowest BCUT2D eigenvalue weighted by Gasteiger charge is -2.40. The molecule has 2 fully saturated rings. The van der Waals surface area contributed by atoms with Crippen LogP contribution in [0.3, 0.4) is 0 Å². The van der Waals surface area contributed by atoms with Gasteiger partial charge < -0.3 is 48.1 Å². The van der Waals surface area contributed by atoms with E-state index >= 15 is 0 Å². The van der Waals surface area contributed by atoms with Crippen LogP contribution in [0.15, 0.2) is 140 Å². The molecule has 0 radical (unpaired) electrons. The van der Waals surface area contributed by atoms with Crippen LogP contribution >= 0.6 is 0 Å². The fourth-order valence-electron chi connectivity index (χ4n) is 9.65. The number of ether oxygens (including phenoxy) is 8. The maximum atomic E-state index is 13.1. The Morgan fingerprint density at radius 3 is 1.06 bits per heavy atom. The van der Waals surface area contributed by atoms with Crippen molar-refractivity contribution in [3.8, 4) is 0 Å². The Bertz CT molecular complexity index is 1910. The third kappa shape index (κ3) is 13.9. The number of rotatable bonds is 30. The van der Waals surface area contributed by atoms with Crippen LogP contribution in [0.1, 0.15) is 46.5 Å². The van der Waals surface area contributed by atoms with E-state index in [0.717, 1.165) is 33.6 Å². The van der Waals surface area contributed by atoms with Crippen LogP contribution in [0.25, 0.3) is 0 Å². The van der Waals surface area contributed by atoms with Gasteiger partial charge in [-0.3, -0.25) is 14.8 Å². The van der Waals surface area contributed by atoms with Crippen LogP contribution in [0.4, 0.5) is 0 Å². The van der Waals surface area contributed by atoms with Gasteiger partial charge >= 0.3 is 0 Å². The fraction of sp³-hybridized carbons (Fsp3) is 0.473. The number of likely N-dealkylation sites (tertiary alicyclic amines) is 2. The highest BCUT2D eigenvalue weighted by Gasteiger charge is 2.50. The van der Waals surface area contributed by atoms with Gasteiger partial charge in [0.25, 0.3) is 0 Å². The molecule has 4 aromatic carbocycles. The summed E-state index contributed by atoms with van der Waals surface area (Å²) in [6, 6.07) is 45.3. The molecule has 13 nitrogen and oxygen atoms in total. The van der Waals surface area contributed by atoms with Crippen molar-refractivity contribution in [1.29, 1.82) is 0 Å². The summed E-state index contributed by atoms with van der Waals surface area (Å²) in [7, 11) is 3.31. The van der Waals surface area contributed by atoms with Crippen LogP contribution in [0, 0.1) is 0 Å². The van der Waals surface area contributed by atoms with E-state index in [1.165, 1.54) is 0 Å². The van der Waals surface area contributed by atoms with Gasteiger partial charge in [0, 0.05) is 52.5 Å². The second kappa shape index (κ2) is 27.1. The Hall–Kier alpha value is -4.45. The summed E-state index contributed by atoms with van der Waals surface area (Å²) in [5.41, 5.74) is 2.35. The van der Waals surface area contributed by atoms with Crippen molar-refractivity contribution < 1.29 is 48.1 Å². The number of hydrogen-bond acceptors (Lipinski definition) is 13. The molecule has 0 saturated carbocycles. The molecule has 0 aliphatic carbocycles. The van der Waals surface area contributed by atoms with Gasteiger partial charge in [-0.25, -0.2) is 0 Å². The molecule has 0 amide bonds. The van der Waals surface area contributed by atoms with E-state index in [0.29, 0.717) is 118 Å². The highest BCUT2D eigenvalue weighted by atomic mass is 16.6. The van der Waals surface area contributed by atoms with Crippen LogP contribution in [-0.4, -0.2) is 156 Å². The standard InChI is InChI=1S/C55H71N3O10/c1-61-26-28-63-30-32-65-34-36-67-50-38-52(54(59,44-16-7-3-8-17-44)45-18-9-4-10-19-45)57(42-50)40-48-24-15-25-49(56-48)41-58-43-51(68-37-35-66-33-31-64-29-27-62-2)39-53(58)55(60,46-20-11-5-12-21-46)47-22-13-6-14-23-47/h3-25,50-53,59-60H,26-43H2,1-2H3/t50-,51-,52+,53+/m1/s1. The van der Waals surface area contributed by atoms with Crippen LogP contribution in [0.2, 0.25) is 0 Å². The van der Waals surface area contributed by atoms with Gasteiger partial charge in [0.15, 0.2) is 0 Å². The molecular weight excluding hydrogens is 863 g/mol. The predicted octanol–water partition coefficient (Wildman–Crippen LogP) is 6.23. The summed E-state index contributed by atoms with van der Waals surface area (Å²) < 4.78 is 45.8. The number of aromatic nitrogens is 1. The van der Waals surface area contributed by atoms with Crippen molar-refractivity contribution in [2.75, 3.05) is 107 Å². The van der Waals surface area contributed by atoms with E-state index < -0.39 is 11.2 Å². The lowest BCUT2D eigenvalue weighted by Crippen LogP contribution is -2.48. The maximum Gasteiger partial charge on any atom is 0.130 e. The van der Waals surface area contributed by atoms with Crippen molar-refractivity contribution in [3.63, 3.8) is 0 Å². The van der Waals surface area contributed by atoms with Gasteiger partial charge in [0.05, 0.1) is 103 Å². The first kappa shape index (κ1) is 51.4. The molecule has 2 aliphatic rings. The Kier molecular flexibility index (Phi) is 20.5. The molecule has 1 aromatic heterocycles. The fourth-order valence-corrected chi connectivity index (χ4v) is 9.65. The zero-order valence-corrected chi connectivity index (χ0v) is 39.8. The molecule has 366 valence electrons. The summed E-state index contributed by atoms with van der Waals surface area (Å²) in [6.07, 6.45) is 0.891. The van der Waals surface area contributed by atoms with Crippen molar-refractivity contribution in [1.82, 2.24) is 14.8 Å². The highest BCUT2D eigenvalue weighted by molar-refractivity contribution is 5.40. The van der Waals surface area contributed by atoms with Crippen molar-refractivity contribution in [2.24, 2.45) is 0 Å². The second-order valence-electron chi connectivity index (χ2n) is 17.4. The van der Waals surface area contributed by atoms with Crippen molar-refractivity contribution in [2.45, 2.75) is 61.4 Å². The van der Waals surface area contributed by atoms with Crippen LogP contribution < -0.4 is 0 Å². The monoisotopic (exact) mass is 934 g/mol. The first-order chi connectivity index (χ1) is 33.4. The van der Waals surface area contributed by atoms with Gasteiger partial charge in [-0.15, -0.1) is 0 Å². The Morgan fingerprint density at radius 1 is 0.426 bits per heavy atom. The second-order valence-corrected chi connectivity index (χ2v) is 17.4. The zero-order chi connectivity index (χ0) is 47.3. The number of methoxy groups -OCH3 is 2. The third-order valence-electron chi connectivity index (χ3n) is 12.9. The van der Waals surface area contributed by atoms with E-state index in [-0.39, 0.29) is 24.3 Å². The highest BCUT2D eigenvalue weighted by Crippen LogP contribution is 2.43. The van der Waals surface area contributed by atoms with Gasteiger partial charge in [0.1, 0.15) is 11.2 Å². The molecule has 0 spiro atoms.